The van der Waals surface area contributed by atoms with Crippen molar-refractivity contribution in [2.45, 2.75) is 18.9 Å². The minimum atomic E-state index is 0. The highest BCUT2D eigenvalue weighted by Crippen LogP contribution is 2.13. The van der Waals surface area contributed by atoms with Crippen LogP contribution in [0.25, 0.3) is 0 Å². The van der Waals surface area contributed by atoms with Gasteiger partial charge in [0.05, 0.1) is 6.20 Å². The molecule has 1 aromatic heterocycles. The van der Waals surface area contributed by atoms with E-state index < -0.39 is 0 Å². The molecule has 1 N–H and O–H groups in total. The molecule has 2 heterocycles. The van der Waals surface area contributed by atoms with E-state index in [1.54, 1.807) is 12.4 Å². The van der Waals surface area contributed by atoms with E-state index in [1.165, 1.54) is 6.42 Å². The second-order valence-electron chi connectivity index (χ2n) is 3.27. The fourth-order valence-corrected chi connectivity index (χ4v) is 1.53. The zero-order chi connectivity index (χ0) is 8.93. The number of pyridine rings is 1. The summed E-state index contributed by atoms with van der Waals surface area (Å²) in [7, 11) is 0. The molecule has 5 heteroatoms. The third-order valence-electron chi connectivity index (χ3n) is 2.19. The lowest BCUT2D eigenvalue weighted by Gasteiger charge is -2.23. The van der Waals surface area contributed by atoms with E-state index in [4.69, 9.17) is 4.74 Å². The molecule has 1 aromatic rings. The van der Waals surface area contributed by atoms with Gasteiger partial charge in [0, 0.05) is 12.7 Å². The number of ether oxygens (including phenoxy) is 1. The highest BCUT2D eigenvalue weighted by Gasteiger charge is 2.13. The predicted octanol–water partition coefficient (Wildman–Crippen LogP) is 2.06. The molecule has 3 nitrogen and oxygen atoms in total. The monoisotopic (exact) mass is 250 g/mol. The Labute approximate surface area is 102 Å². The number of halogens is 2. The zero-order valence-corrected chi connectivity index (χ0v) is 10.0. The van der Waals surface area contributed by atoms with Gasteiger partial charge in [-0.25, -0.2) is 0 Å². The number of aromatic nitrogens is 1. The van der Waals surface area contributed by atoms with E-state index in [9.17, 15) is 0 Å². The van der Waals surface area contributed by atoms with Crippen molar-refractivity contribution in [3.05, 3.63) is 24.5 Å². The van der Waals surface area contributed by atoms with E-state index in [1.807, 2.05) is 12.1 Å². The van der Waals surface area contributed by atoms with Gasteiger partial charge in [-0.1, -0.05) is 0 Å². The molecular formula is C10H16Cl2N2O. The number of piperidine rings is 1. The molecule has 0 aromatic carbocycles. The van der Waals surface area contributed by atoms with Gasteiger partial charge in [-0.2, -0.15) is 0 Å². The fraction of sp³-hybridized carbons (Fsp3) is 0.500. The van der Waals surface area contributed by atoms with Gasteiger partial charge in [0.2, 0.25) is 0 Å². The molecule has 15 heavy (non-hydrogen) atoms. The molecule has 86 valence electrons. The molecule has 0 radical (unpaired) electrons. The van der Waals surface area contributed by atoms with Gasteiger partial charge in [-0.15, -0.1) is 24.8 Å². The van der Waals surface area contributed by atoms with Gasteiger partial charge < -0.3 is 10.1 Å². The summed E-state index contributed by atoms with van der Waals surface area (Å²) in [4.78, 5) is 4.00. The molecule has 0 saturated carbocycles. The minimum Gasteiger partial charge on any atom is -0.487 e. The minimum absolute atomic E-state index is 0. The first-order chi connectivity index (χ1) is 6.45. The number of nitrogens with one attached hydrogen (secondary N) is 1. The van der Waals surface area contributed by atoms with Crippen molar-refractivity contribution >= 4 is 24.8 Å². The van der Waals surface area contributed by atoms with Crippen LogP contribution in [-0.4, -0.2) is 24.2 Å². The summed E-state index contributed by atoms with van der Waals surface area (Å²) in [5, 5.41) is 3.31. The van der Waals surface area contributed by atoms with Gasteiger partial charge in [0.15, 0.2) is 0 Å². The Morgan fingerprint density at radius 2 is 2.27 bits per heavy atom. The van der Waals surface area contributed by atoms with Gasteiger partial charge >= 0.3 is 0 Å². The Morgan fingerprint density at radius 3 is 2.87 bits per heavy atom. The largest absolute Gasteiger partial charge is 0.487 e. The SMILES string of the molecule is Cl.Cl.c1cncc(OC2CCCNC2)c1. The molecular weight excluding hydrogens is 235 g/mol. The molecule has 0 bridgehead atoms. The summed E-state index contributed by atoms with van der Waals surface area (Å²) in [5.41, 5.74) is 0. The summed E-state index contributed by atoms with van der Waals surface area (Å²) >= 11 is 0. The predicted molar refractivity (Wildman–Crippen MR) is 65.3 cm³/mol. The lowest BCUT2D eigenvalue weighted by molar-refractivity contribution is 0.166. The van der Waals surface area contributed by atoms with E-state index in [2.05, 4.69) is 10.3 Å². The van der Waals surface area contributed by atoms with Crippen LogP contribution in [0.1, 0.15) is 12.8 Å². The second kappa shape index (κ2) is 7.74. The third kappa shape index (κ3) is 4.69. The van der Waals surface area contributed by atoms with Crippen molar-refractivity contribution in [2.75, 3.05) is 13.1 Å². The first-order valence-electron chi connectivity index (χ1n) is 4.72. The molecule has 1 unspecified atom stereocenters. The van der Waals surface area contributed by atoms with Gasteiger partial charge in [0.1, 0.15) is 11.9 Å². The summed E-state index contributed by atoms with van der Waals surface area (Å²) in [6, 6.07) is 3.84. The quantitative estimate of drug-likeness (QED) is 0.873. The molecule has 1 aliphatic rings. The lowest BCUT2D eigenvalue weighted by Crippen LogP contribution is -2.37. The fourth-order valence-electron chi connectivity index (χ4n) is 1.53. The first kappa shape index (κ1) is 14.5. The Morgan fingerprint density at radius 1 is 1.40 bits per heavy atom. The topological polar surface area (TPSA) is 34.1 Å². The average Bonchev–Trinajstić information content (AvgIpc) is 2.21. The Balaban J connectivity index is 0.000000980. The molecule has 1 atom stereocenters. The van der Waals surface area contributed by atoms with E-state index in [0.29, 0.717) is 6.10 Å². The molecule has 2 rings (SSSR count). The highest BCUT2D eigenvalue weighted by atomic mass is 35.5. The van der Waals surface area contributed by atoms with Crippen molar-refractivity contribution in [2.24, 2.45) is 0 Å². The smallest absolute Gasteiger partial charge is 0.138 e. The number of hydrogen-bond donors (Lipinski definition) is 1. The standard InChI is InChI=1S/C10H14N2O.2ClH/c1-3-9(7-11-5-1)13-10-4-2-6-12-8-10;;/h1,3,5,7,10,12H,2,4,6,8H2;2*1H. The van der Waals surface area contributed by atoms with Gasteiger partial charge in [-0.05, 0) is 31.5 Å². The van der Waals surface area contributed by atoms with Crippen molar-refractivity contribution in [3.8, 4) is 5.75 Å². The average molecular weight is 251 g/mol. The summed E-state index contributed by atoms with van der Waals surface area (Å²) < 4.78 is 5.73. The third-order valence-corrected chi connectivity index (χ3v) is 2.19. The Kier molecular flexibility index (Phi) is 7.48. The molecule has 0 spiro atoms. The summed E-state index contributed by atoms with van der Waals surface area (Å²) in [5.74, 6) is 0.871. The van der Waals surface area contributed by atoms with Crippen molar-refractivity contribution in [1.82, 2.24) is 10.3 Å². The molecule has 1 fully saturated rings. The van der Waals surface area contributed by atoms with Crippen LogP contribution in [0.15, 0.2) is 24.5 Å². The highest BCUT2D eigenvalue weighted by molar-refractivity contribution is 5.85. The Hall–Kier alpha value is -0.510. The normalized spacial score (nSPS) is 19.6. The molecule has 1 saturated heterocycles. The zero-order valence-electron chi connectivity index (χ0n) is 8.39. The van der Waals surface area contributed by atoms with Crippen LogP contribution in [0, 0.1) is 0 Å². The molecule has 1 aliphatic heterocycles. The van der Waals surface area contributed by atoms with Gasteiger partial charge in [-0.3, -0.25) is 4.98 Å². The summed E-state index contributed by atoms with van der Waals surface area (Å²) in [6.07, 6.45) is 6.17. The molecule has 0 amide bonds. The number of hydrogen-bond acceptors (Lipinski definition) is 3. The van der Waals surface area contributed by atoms with Crippen molar-refractivity contribution in [3.63, 3.8) is 0 Å². The van der Waals surface area contributed by atoms with Crippen LogP contribution >= 0.6 is 24.8 Å². The Bertz CT molecular complexity index is 253. The summed E-state index contributed by atoms with van der Waals surface area (Å²) in [6.45, 7) is 2.07. The van der Waals surface area contributed by atoms with E-state index >= 15 is 0 Å². The van der Waals surface area contributed by atoms with Gasteiger partial charge in [0.25, 0.3) is 0 Å². The maximum Gasteiger partial charge on any atom is 0.138 e. The van der Waals surface area contributed by atoms with Crippen LogP contribution in [0.5, 0.6) is 5.75 Å². The van der Waals surface area contributed by atoms with E-state index in [-0.39, 0.29) is 24.8 Å². The van der Waals surface area contributed by atoms with Crippen LogP contribution in [0.4, 0.5) is 0 Å². The van der Waals surface area contributed by atoms with Crippen LogP contribution < -0.4 is 10.1 Å². The van der Waals surface area contributed by atoms with E-state index in [0.717, 1.165) is 25.3 Å². The van der Waals surface area contributed by atoms with Crippen molar-refractivity contribution < 1.29 is 4.74 Å². The maximum atomic E-state index is 5.73. The number of rotatable bonds is 2. The van der Waals surface area contributed by atoms with Crippen LogP contribution in [0.3, 0.4) is 0 Å². The number of nitrogens with zero attached hydrogens (tertiary/aromatic N) is 1. The maximum absolute atomic E-state index is 5.73. The van der Waals surface area contributed by atoms with Crippen molar-refractivity contribution in [1.29, 1.82) is 0 Å². The lowest BCUT2D eigenvalue weighted by atomic mass is 10.1. The van der Waals surface area contributed by atoms with Crippen LogP contribution in [-0.2, 0) is 0 Å². The van der Waals surface area contributed by atoms with Crippen LogP contribution in [0.2, 0.25) is 0 Å². The first-order valence-corrected chi connectivity index (χ1v) is 4.72. The molecule has 0 aliphatic carbocycles. The second-order valence-corrected chi connectivity index (χ2v) is 3.27.